The van der Waals surface area contributed by atoms with E-state index >= 15 is 0 Å². The van der Waals surface area contributed by atoms with E-state index in [-0.39, 0.29) is 24.9 Å². The van der Waals surface area contributed by atoms with Crippen molar-refractivity contribution >= 4 is 17.5 Å². The zero-order valence-corrected chi connectivity index (χ0v) is 13.4. The summed E-state index contributed by atoms with van der Waals surface area (Å²) in [6.07, 6.45) is 3.37. The van der Waals surface area contributed by atoms with E-state index in [2.05, 4.69) is 10.3 Å². The fraction of sp³-hybridized carbons (Fsp3) is 0.312. The molecule has 0 aliphatic heterocycles. The average Bonchev–Trinajstić information content (AvgIpc) is 2.92. The van der Waals surface area contributed by atoms with Crippen LogP contribution in [0.25, 0.3) is 0 Å². The Hall–Kier alpha value is -2.83. The van der Waals surface area contributed by atoms with Gasteiger partial charge in [0.1, 0.15) is 18.1 Å². The van der Waals surface area contributed by atoms with Gasteiger partial charge in [-0.2, -0.15) is 0 Å². The average molecular weight is 316 g/mol. The number of methoxy groups -OCH3 is 1. The highest BCUT2D eigenvalue weighted by Crippen LogP contribution is 2.16. The number of nitrogens with zero attached hydrogens (tertiary/aromatic N) is 3. The van der Waals surface area contributed by atoms with E-state index < -0.39 is 0 Å². The van der Waals surface area contributed by atoms with Crippen molar-refractivity contribution in [3.8, 4) is 5.75 Å². The maximum absolute atomic E-state index is 12.1. The monoisotopic (exact) mass is 316 g/mol. The molecule has 23 heavy (non-hydrogen) atoms. The van der Waals surface area contributed by atoms with Crippen molar-refractivity contribution in [2.24, 2.45) is 0 Å². The van der Waals surface area contributed by atoms with Crippen LogP contribution in [0, 0.1) is 6.92 Å². The first-order valence-electron chi connectivity index (χ1n) is 7.15. The van der Waals surface area contributed by atoms with Gasteiger partial charge < -0.3 is 19.5 Å². The first-order chi connectivity index (χ1) is 11.0. The Bertz CT molecular complexity index is 696. The molecule has 0 radical (unpaired) electrons. The third-order valence-corrected chi connectivity index (χ3v) is 3.39. The minimum atomic E-state index is -0.267. The van der Waals surface area contributed by atoms with E-state index in [4.69, 9.17) is 4.74 Å². The molecule has 1 aromatic heterocycles. The minimum absolute atomic E-state index is 0.0240. The highest BCUT2D eigenvalue weighted by Gasteiger charge is 2.14. The minimum Gasteiger partial charge on any atom is -0.497 e. The Labute approximate surface area is 134 Å². The number of amides is 2. The molecule has 7 heteroatoms. The van der Waals surface area contributed by atoms with E-state index in [1.807, 2.05) is 6.92 Å². The number of hydrogen-bond donors (Lipinski definition) is 1. The summed E-state index contributed by atoms with van der Waals surface area (Å²) in [7, 11) is 3.16. The van der Waals surface area contributed by atoms with Crippen LogP contribution in [0.3, 0.4) is 0 Å². The van der Waals surface area contributed by atoms with Crippen LogP contribution in [0.15, 0.2) is 36.7 Å². The molecule has 1 N–H and O–H groups in total. The number of ether oxygens (including phenoxy) is 1. The summed E-state index contributed by atoms with van der Waals surface area (Å²) in [5.41, 5.74) is 0.626. The molecule has 0 aliphatic carbocycles. The number of anilines is 1. The molecule has 0 unspecified atom stereocenters. The van der Waals surface area contributed by atoms with Gasteiger partial charge in [-0.1, -0.05) is 6.07 Å². The Morgan fingerprint density at radius 3 is 2.83 bits per heavy atom. The van der Waals surface area contributed by atoms with Crippen LogP contribution < -0.4 is 10.1 Å². The van der Waals surface area contributed by atoms with Crippen LogP contribution in [0.4, 0.5) is 5.69 Å². The van der Waals surface area contributed by atoms with E-state index in [1.165, 1.54) is 4.90 Å². The number of carbonyl (C=O) groups is 2. The van der Waals surface area contributed by atoms with E-state index in [0.717, 1.165) is 5.82 Å². The molecule has 0 fully saturated rings. The Kier molecular flexibility index (Phi) is 5.35. The topological polar surface area (TPSA) is 76.5 Å². The van der Waals surface area contributed by atoms with Crippen molar-refractivity contribution in [3.63, 3.8) is 0 Å². The summed E-state index contributed by atoms with van der Waals surface area (Å²) >= 11 is 0. The van der Waals surface area contributed by atoms with Crippen LogP contribution in [0.5, 0.6) is 5.75 Å². The second-order valence-electron chi connectivity index (χ2n) is 5.13. The summed E-state index contributed by atoms with van der Waals surface area (Å²) in [5, 5.41) is 2.74. The zero-order chi connectivity index (χ0) is 16.8. The summed E-state index contributed by atoms with van der Waals surface area (Å²) in [4.78, 5) is 29.6. The zero-order valence-electron chi connectivity index (χ0n) is 13.4. The lowest BCUT2D eigenvalue weighted by Gasteiger charge is -2.17. The molecule has 2 amide bonds. The third-order valence-electron chi connectivity index (χ3n) is 3.39. The summed E-state index contributed by atoms with van der Waals surface area (Å²) in [6.45, 7) is 1.96. The number of nitrogens with one attached hydrogen (secondary N) is 1. The van der Waals surface area contributed by atoms with Gasteiger partial charge in [-0.3, -0.25) is 9.59 Å². The maximum atomic E-state index is 12.1. The first kappa shape index (κ1) is 16.5. The second-order valence-corrected chi connectivity index (χ2v) is 5.13. The quantitative estimate of drug-likeness (QED) is 0.871. The molecule has 1 heterocycles. The van der Waals surface area contributed by atoms with Crippen molar-refractivity contribution < 1.29 is 14.3 Å². The number of likely N-dealkylation sites (N-methyl/N-ethyl adjacent to an activating group) is 1. The predicted octanol–water partition coefficient (Wildman–Crippen LogP) is 1.30. The number of aryl methyl sites for hydroxylation is 1. The Morgan fingerprint density at radius 1 is 1.39 bits per heavy atom. The number of aromatic nitrogens is 2. The van der Waals surface area contributed by atoms with Gasteiger partial charge in [0.25, 0.3) is 0 Å². The van der Waals surface area contributed by atoms with E-state index in [9.17, 15) is 9.59 Å². The molecule has 2 rings (SSSR count). The molecule has 0 saturated carbocycles. The maximum Gasteiger partial charge on any atom is 0.243 e. The molecular formula is C16H20N4O3. The van der Waals surface area contributed by atoms with Gasteiger partial charge >= 0.3 is 0 Å². The first-order valence-corrected chi connectivity index (χ1v) is 7.15. The van der Waals surface area contributed by atoms with Crippen LogP contribution in [0.2, 0.25) is 0 Å². The van der Waals surface area contributed by atoms with E-state index in [0.29, 0.717) is 11.4 Å². The van der Waals surface area contributed by atoms with Gasteiger partial charge in [0.2, 0.25) is 11.8 Å². The molecule has 0 aliphatic rings. The van der Waals surface area contributed by atoms with Crippen LogP contribution in [0.1, 0.15) is 5.82 Å². The molecule has 0 bridgehead atoms. The number of rotatable bonds is 6. The number of benzene rings is 1. The highest BCUT2D eigenvalue weighted by atomic mass is 16.5. The van der Waals surface area contributed by atoms with Gasteiger partial charge in [0, 0.05) is 31.2 Å². The summed E-state index contributed by atoms with van der Waals surface area (Å²) < 4.78 is 6.84. The fourth-order valence-electron chi connectivity index (χ4n) is 2.04. The Morgan fingerprint density at radius 2 is 2.17 bits per heavy atom. The molecule has 0 atom stereocenters. The fourth-order valence-corrected chi connectivity index (χ4v) is 2.04. The summed E-state index contributed by atoms with van der Waals surface area (Å²) in [6, 6.07) is 7.05. The lowest BCUT2D eigenvalue weighted by atomic mass is 10.3. The normalized spacial score (nSPS) is 10.2. The van der Waals surface area contributed by atoms with Crippen LogP contribution in [-0.2, 0) is 16.1 Å². The molecule has 1 aromatic carbocycles. The Balaban J connectivity index is 1.88. The van der Waals surface area contributed by atoms with Crippen LogP contribution in [-0.4, -0.2) is 47.0 Å². The van der Waals surface area contributed by atoms with Crippen molar-refractivity contribution in [2.45, 2.75) is 13.5 Å². The number of imidazole rings is 1. The largest absolute Gasteiger partial charge is 0.497 e. The van der Waals surface area contributed by atoms with Gasteiger partial charge in [-0.15, -0.1) is 0 Å². The molecule has 2 aromatic rings. The smallest absolute Gasteiger partial charge is 0.243 e. The molecular weight excluding hydrogens is 296 g/mol. The molecule has 0 spiro atoms. The van der Waals surface area contributed by atoms with Crippen molar-refractivity contribution in [1.82, 2.24) is 14.5 Å². The van der Waals surface area contributed by atoms with Gasteiger partial charge in [0.05, 0.1) is 13.7 Å². The molecule has 0 saturated heterocycles. The molecule has 122 valence electrons. The predicted molar refractivity (Wildman–Crippen MR) is 86.2 cm³/mol. The SMILES string of the molecule is COc1cccc(NC(=O)CN(C)C(=O)Cn2ccnc2C)c1. The van der Waals surface area contributed by atoms with Crippen LogP contribution >= 0.6 is 0 Å². The summed E-state index contributed by atoms with van der Waals surface area (Å²) in [5.74, 6) is 0.985. The lowest BCUT2D eigenvalue weighted by Crippen LogP contribution is -2.36. The van der Waals surface area contributed by atoms with Gasteiger partial charge in [0.15, 0.2) is 0 Å². The second kappa shape index (κ2) is 7.44. The van der Waals surface area contributed by atoms with Gasteiger partial charge in [-0.05, 0) is 19.1 Å². The number of carbonyl (C=O) groups excluding carboxylic acids is 2. The third kappa shape index (κ3) is 4.57. The molecule has 7 nitrogen and oxygen atoms in total. The van der Waals surface area contributed by atoms with Crippen molar-refractivity contribution in [3.05, 3.63) is 42.5 Å². The number of hydrogen-bond acceptors (Lipinski definition) is 4. The standard InChI is InChI=1S/C16H20N4O3/c1-12-17-7-8-20(12)11-16(22)19(2)10-15(21)18-13-5-4-6-14(9-13)23-3/h4-9H,10-11H2,1-3H3,(H,18,21). The van der Waals surface area contributed by atoms with Crippen molar-refractivity contribution in [1.29, 1.82) is 0 Å². The highest BCUT2D eigenvalue weighted by molar-refractivity contribution is 5.94. The van der Waals surface area contributed by atoms with Gasteiger partial charge in [-0.25, -0.2) is 4.98 Å². The van der Waals surface area contributed by atoms with Crippen molar-refractivity contribution in [2.75, 3.05) is 26.0 Å². The lowest BCUT2D eigenvalue weighted by molar-refractivity contribution is -0.133. The van der Waals surface area contributed by atoms with E-state index in [1.54, 1.807) is 55.4 Å².